The van der Waals surface area contributed by atoms with Gasteiger partial charge in [0.2, 0.25) is 15.9 Å². The quantitative estimate of drug-likeness (QED) is 0.732. The Morgan fingerprint density at radius 3 is 2.32 bits per heavy atom. The number of nitrogens with zero attached hydrogens (tertiary/aromatic N) is 1. The minimum atomic E-state index is -3.62. The van der Waals surface area contributed by atoms with Crippen LogP contribution < -0.4 is 14.4 Å². The zero-order valence-corrected chi connectivity index (χ0v) is 17.8. The first kappa shape index (κ1) is 21.8. The number of nitrogens with one attached hydrogen (secondary N) is 1. The average molecular weight is 405 g/mol. The van der Waals surface area contributed by atoms with Crippen LogP contribution in [0.2, 0.25) is 0 Å². The van der Waals surface area contributed by atoms with E-state index in [4.69, 9.17) is 4.74 Å². The van der Waals surface area contributed by atoms with Crippen LogP contribution in [0.3, 0.4) is 0 Å². The first-order valence-corrected chi connectivity index (χ1v) is 11.0. The molecular formula is C21H28N2O4S. The van der Waals surface area contributed by atoms with Crippen LogP contribution in [-0.2, 0) is 14.8 Å². The van der Waals surface area contributed by atoms with Crippen molar-refractivity contribution in [2.24, 2.45) is 0 Å². The predicted molar refractivity (Wildman–Crippen MR) is 112 cm³/mol. The fourth-order valence-electron chi connectivity index (χ4n) is 3.08. The molecule has 0 fully saturated rings. The topological polar surface area (TPSA) is 75.7 Å². The Bertz CT molecular complexity index is 924. The Kier molecular flexibility index (Phi) is 7.07. The number of amides is 1. The molecule has 152 valence electrons. The standard InChI is InChI=1S/C21H28N2O4S/c1-6-27-19-10-8-18(9-11-19)23(28(5,25)26)14-21(24)22-17(4)20-12-7-15(2)13-16(20)3/h7-13,17H,6,14H2,1-5H3,(H,22,24). The summed E-state index contributed by atoms with van der Waals surface area (Å²) in [4.78, 5) is 12.6. The van der Waals surface area contributed by atoms with E-state index in [-0.39, 0.29) is 18.5 Å². The Labute approximate surface area is 167 Å². The van der Waals surface area contributed by atoms with Gasteiger partial charge in [-0.15, -0.1) is 0 Å². The summed E-state index contributed by atoms with van der Waals surface area (Å²) in [5.41, 5.74) is 3.66. The summed E-state index contributed by atoms with van der Waals surface area (Å²) in [5.74, 6) is 0.277. The highest BCUT2D eigenvalue weighted by atomic mass is 32.2. The molecule has 0 saturated heterocycles. The lowest BCUT2D eigenvalue weighted by Crippen LogP contribution is -2.41. The van der Waals surface area contributed by atoms with Crippen LogP contribution in [0, 0.1) is 13.8 Å². The lowest BCUT2D eigenvalue weighted by molar-refractivity contribution is -0.120. The minimum absolute atomic E-state index is 0.227. The molecule has 0 heterocycles. The molecule has 7 heteroatoms. The molecule has 0 aliphatic heterocycles. The van der Waals surface area contributed by atoms with Crippen LogP contribution in [0.25, 0.3) is 0 Å². The molecule has 1 N–H and O–H groups in total. The number of hydrogen-bond donors (Lipinski definition) is 1. The highest BCUT2D eigenvalue weighted by molar-refractivity contribution is 7.92. The molecule has 1 amide bonds. The number of carbonyl (C=O) groups is 1. The van der Waals surface area contributed by atoms with Crippen LogP contribution in [0.1, 0.15) is 36.6 Å². The normalized spacial score (nSPS) is 12.3. The molecule has 0 aromatic heterocycles. The van der Waals surface area contributed by atoms with E-state index in [1.165, 1.54) is 0 Å². The Morgan fingerprint density at radius 1 is 1.14 bits per heavy atom. The van der Waals surface area contributed by atoms with E-state index in [1.807, 2.05) is 39.8 Å². The molecule has 0 aliphatic carbocycles. The molecule has 2 aromatic carbocycles. The highest BCUT2D eigenvalue weighted by Crippen LogP contribution is 2.22. The van der Waals surface area contributed by atoms with Gasteiger partial charge in [0.05, 0.1) is 24.6 Å². The summed E-state index contributed by atoms with van der Waals surface area (Å²) in [6.07, 6.45) is 1.09. The van der Waals surface area contributed by atoms with Gasteiger partial charge in [0.1, 0.15) is 12.3 Å². The van der Waals surface area contributed by atoms with Crippen molar-refractivity contribution in [3.63, 3.8) is 0 Å². The van der Waals surface area contributed by atoms with Crippen molar-refractivity contribution >= 4 is 21.6 Å². The molecule has 0 bridgehead atoms. The zero-order chi connectivity index (χ0) is 20.9. The summed E-state index contributed by atoms with van der Waals surface area (Å²) >= 11 is 0. The van der Waals surface area contributed by atoms with E-state index >= 15 is 0 Å². The lowest BCUT2D eigenvalue weighted by atomic mass is 10.0. The fourth-order valence-corrected chi connectivity index (χ4v) is 3.94. The Morgan fingerprint density at radius 2 is 1.79 bits per heavy atom. The van der Waals surface area contributed by atoms with Gasteiger partial charge in [-0.3, -0.25) is 9.10 Å². The van der Waals surface area contributed by atoms with Gasteiger partial charge >= 0.3 is 0 Å². The van der Waals surface area contributed by atoms with Crippen LogP contribution in [-0.4, -0.2) is 33.7 Å². The zero-order valence-electron chi connectivity index (χ0n) is 17.0. The van der Waals surface area contributed by atoms with Crippen LogP contribution in [0.5, 0.6) is 5.75 Å². The number of aryl methyl sites for hydroxylation is 2. The van der Waals surface area contributed by atoms with Gasteiger partial charge in [-0.05, 0) is 63.1 Å². The number of carbonyl (C=O) groups excluding carboxylic acids is 1. The number of benzene rings is 2. The van der Waals surface area contributed by atoms with Gasteiger partial charge in [-0.2, -0.15) is 0 Å². The van der Waals surface area contributed by atoms with Crippen molar-refractivity contribution in [1.82, 2.24) is 5.32 Å². The second kappa shape index (κ2) is 9.10. The molecule has 6 nitrogen and oxygen atoms in total. The van der Waals surface area contributed by atoms with Gasteiger partial charge in [-0.1, -0.05) is 23.8 Å². The van der Waals surface area contributed by atoms with Crippen molar-refractivity contribution in [3.8, 4) is 5.75 Å². The molecule has 0 spiro atoms. The van der Waals surface area contributed by atoms with Gasteiger partial charge in [0.25, 0.3) is 0 Å². The molecule has 0 saturated carbocycles. The predicted octanol–water partition coefficient (Wildman–Crippen LogP) is 3.35. The Hall–Kier alpha value is -2.54. The second-order valence-corrected chi connectivity index (χ2v) is 8.75. The molecule has 2 aromatic rings. The number of hydrogen-bond acceptors (Lipinski definition) is 4. The largest absolute Gasteiger partial charge is 0.494 e. The smallest absolute Gasteiger partial charge is 0.241 e. The van der Waals surface area contributed by atoms with Crippen LogP contribution in [0.4, 0.5) is 5.69 Å². The summed E-state index contributed by atoms with van der Waals surface area (Å²) in [6, 6.07) is 12.4. The third kappa shape index (κ3) is 5.73. The maximum Gasteiger partial charge on any atom is 0.241 e. The molecule has 1 atom stereocenters. The second-order valence-electron chi connectivity index (χ2n) is 6.85. The van der Waals surface area contributed by atoms with Gasteiger partial charge in [0, 0.05) is 0 Å². The monoisotopic (exact) mass is 404 g/mol. The molecule has 0 radical (unpaired) electrons. The molecule has 1 unspecified atom stereocenters. The van der Waals surface area contributed by atoms with Gasteiger partial charge in [0.15, 0.2) is 0 Å². The van der Waals surface area contributed by atoms with E-state index in [0.29, 0.717) is 18.0 Å². The van der Waals surface area contributed by atoms with Crippen molar-refractivity contribution in [2.45, 2.75) is 33.7 Å². The molecule has 0 aliphatic rings. The number of rotatable bonds is 8. The summed E-state index contributed by atoms with van der Waals surface area (Å²) < 4.78 is 31.0. The average Bonchev–Trinajstić information content (AvgIpc) is 2.59. The van der Waals surface area contributed by atoms with Crippen molar-refractivity contribution in [2.75, 3.05) is 23.7 Å². The Balaban J connectivity index is 2.14. The SMILES string of the molecule is CCOc1ccc(N(CC(=O)NC(C)c2ccc(C)cc2C)S(C)(=O)=O)cc1. The van der Waals surface area contributed by atoms with Gasteiger partial charge in [-0.25, -0.2) is 8.42 Å². The van der Waals surface area contributed by atoms with Gasteiger partial charge < -0.3 is 10.1 Å². The summed E-state index contributed by atoms with van der Waals surface area (Å²) in [7, 11) is -3.62. The minimum Gasteiger partial charge on any atom is -0.494 e. The van der Waals surface area contributed by atoms with Crippen LogP contribution >= 0.6 is 0 Å². The van der Waals surface area contributed by atoms with E-state index in [9.17, 15) is 13.2 Å². The third-order valence-corrected chi connectivity index (χ3v) is 5.53. The van der Waals surface area contributed by atoms with E-state index in [1.54, 1.807) is 24.3 Å². The first-order valence-electron chi connectivity index (χ1n) is 9.19. The maximum absolute atomic E-state index is 12.6. The summed E-state index contributed by atoms with van der Waals surface area (Å²) in [5, 5.41) is 2.89. The maximum atomic E-state index is 12.6. The first-order chi connectivity index (χ1) is 13.1. The lowest BCUT2D eigenvalue weighted by Gasteiger charge is -2.24. The third-order valence-electron chi connectivity index (χ3n) is 4.39. The molecule has 28 heavy (non-hydrogen) atoms. The van der Waals surface area contributed by atoms with E-state index in [0.717, 1.165) is 27.3 Å². The van der Waals surface area contributed by atoms with Crippen LogP contribution in [0.15, 0.2) is 42.5 Å². The van der Waals surface area contributed by atoms with Crippen molar-refractivity contribution in [1.29, 1.82) is 0 Å². The fraction of sp³-hybridized carbons (Fsp3) is 0.381. The molecule has 2 rings (SSSR count). The van der Waals surface area contributed by atoms with Crippen molar-refractivity contribution < 1.29 is 17.9 Å². The van der Waals surface area contributed by atoms with Crippen molar-refractivity contribution in [3.05, 3.63) is 59.2 Å². The summed E-state index contributed by atoms with van der Waals surface area (Å²) in [6.45, 7) is 8.00. The highest BCUT2D eigenvalue weighted by Gasteiger charge is 2.22. The number of ether oxygens (including phenoxy) is 1. The number of anilines is 1. The van der Waals surface area contributed by atoms with E-state index in [2.05, 4.69) is 11.4 Å². The molecular weight excluding hydrogens is 376 g/mol. The number of sulfonamides is 1. The van der Waals surface area contributed by atoms with E-state index < -0.39 is 10.0 Å².